The highest BCUT2D eigenvalue weighted by atomic mass is 14.2. The Morgan fingerprint density at radius 2 is 1.23 bits per heavy atom. The van der Waals surface area contributed by atoms with Gasteiger partial charge in [-0.25, -0.2) is 0 Å². The summed E-state index contributed by atoms with van der Waals surface area (Å²) in [6.07, 6.45) is 19.4. The van der Waals surface area contributed by atoms with Gasteiger partial charge in [0.25, 0.3) is 0 Å². The largest absolute Gasteiger partial charge is 0.198 e. The smallest absolute Gasteiger partial charge is 0.0621 e. The van der Waals surface area contributed by atoms with E-state index in [1.54, 1.807) is 5.56 Å². The third-order valence-electron chi connectivity index (χ3n) is 5.55. The molecule has 0 spiro atoms. The van der Waals surface area contributed by atoms with Gasteiger partial charge in [-0.3, -0.25) is 0 Å². The van der Waals surface area contributed by atoms with Crippen molar-refractivity contribution in [2.75, 3.05) is 0 Å². The Labute approximate surface area is 163 Å². The van der Waals surface area contributed by atoms with E-state index in [4.69, 9.17) is 5.26 Å². The monoisotopic (exact) mass is 355 g/mol. The van der Waals surface area contributed by atoms with Gasteiger partial charge in [-0.1, -0.05) is 107 Å². The zero-order valence-electron chi connectivity index (χ0n) is 17.4. The van der Waals surface area contributed by atoms with Crippen LogP contribution in [-0.2, 0) is 0 Å². The first-order valence-electron chi connectivity index (χ1n) is 11.2. The zero-order valence-corrected chi connectivity index (χ0v) is 17.4. The van der Waals surface area contributed by atoms with E-state index in [2.05, 4.69) is 44.2 Å². The summed E-state index contributed by atoms with van der Waals surface area (Å²) in [7, 11) is 0. The topological polar surface area (TPSA) is 23.8 Å². The van der Waals surface area contributed by atoms with Crippen LogP contribution in [0.1, 0.15) is 120 Å². The second-order valence-electron chi connectivity index (χ2n) is 7.98. The molecule has 1 rings (SSSR count). The maximum absolute atomic E-state index is 8.57. The Morgan fingerprint density at radius 3 is 1.77 bits per heavy atom. The van der Waals surface area contributed by atoms with E-state index in [0.717, 1.165) is 18.8 Å². The maximum Gasteiger partial charge on any atom is 0.0621 e. The first kappa shape index (κ1) is 22.8. The summed E-state index contributed by atoms with van der Waals surface area (Å²) >= 11 is 0. The molecule has 0 N–H and O–H groups in total. The van der Waals surface area contributed by atoms with Gasteiger partial charge in [-0.05, 0) is 37.7 Å². The van der Waals surface area contributed by atoms with E-state index in [9.17, 15) is 0 Å². The van der Waals surface area contributed by atoms with Crippen molar-refractivity contribution < 1.29 is 0 Å². The minimum absolute atomic E-state index is 0.730. The van der Waals surface area contributed by atoms with E-state index in [-0.39, 0.29) is 0 Å². The van der Waals surface area contributed by atoms with Crippen LogP contribution in [-0.4, -0.2) is 0 Å². The number of benzene rings is 1. The van der Waals surface area contributed by atoms with Crippen molar-refractivity contribution in [2.45, 2.75) is 116 Å². The average molecular weight is 356 g/mol. The highest BCUT2D eigenvalue weighted by molar-refractivity contribution is 5.24. The van der Waals surface area contributed by atoms with E-state index >= 15 is 0 Å². The van der Waals surface area contributed by atoms with Crippen LogP contribution < -0.4 is 0 Å². The summed E-state index contributed by atoms with van der Waals surface area (Å²) in [5.41, 5.74) is 2.92. The highest BCUT2D eigenvalue weighted by Crippen LogP contribution is 2.29. The van der Waals surface area contributed by atoms with Crippen molar-refractivity contribution in [3.8, 4) is 6.07 Å². The average Bonchev–Trinajstić information content (AvgIpc) is 2.65. The van der Waals surface area contributed by atoms with Crippen LogP contribution >= 0.6 is 0 Å². The van der Waals surface area contributed by atoms with E-state index in [0.29, 0.717) is 0 Å². The van der Waals surface area contributed by atoms with Gasteiger partial charge in [-0.2, -0.15) is 5.26 Å². The molecular formula is C25H41N. The number of hydrogen-bond donors (Lipinski definition) is 0. The van der Waals surface area contributed by atoms with Crippen LogP contribution in [0.2, 0.25) is 0 Å². The molecule has 1 heteroatoms. The fourth-order valence-corrected chi connectivity index (χ4v) is 3.79. The molecule has 0 saturated heterocycles. The Kier molecular flexibility index (Phi) is 13.9. The number of nitrogens with zero attached hydrogens (tertiary/aromatic N) is 1. The Morgan fingerprint density at radius 1 is 0.731 bits per heavy atom. The van der Waals surface area contributed by atoms with Crippen LogP contribution in [0, 0.1) is 18.3 Å². The van der Waals surface area contributed by atoms with Crippen LogP contribution in [0.15, 0.2) is 24.3 Å². The molecular weight excluding hydrogens is 314 g/mol. The van der Waals surface area contributed by atoms with Gasteiger partial charge >= 0.3 is 0 Å². The fourth-order valence-electron chi connectivity index (χ4n) is 3.79. The molecule has 1 unspecified atom stereocenters. The molecule has 0 bridgehead atoms. The van der Waals surface area contributed by atoms with Crippen molar-refractivity contribution >= 4 is 0 Å². The van der Waals surface area contributed by atoms with Crippen LogP contribution in [0.3, 0.4) is 0 Å². The van der Waals surface area contributed by atoms with Gasteiger partial charge in [-0.15, -0.1) is 0 Å². The molecule has 26 heavy (non-hydrogen) atoms. The van der Waals surface area contributed by atoms with Crippen molar-refractivity contribution in [2.24, 2.45) is 0 Å². The van der Waals surface area contributed by atoms with Crippen molar-refractivity contribution in [1.29, 1.82) is 5.26 Å². The predicted octanol–water partition coefficient (Wildman–Crippen LogP) is 8.47. The normalized spacial score (nSPS) is 12.0. The summed E-state index contributed by atoms with van der Waals surface area (Å²) < 4.78 is 0. The number of hydrogen-bond acceptors (Lipinski definition) is 1. The minimum Gasteiger partial charge on any atom is -0.198 e. The van der Waals surface area contributed by atoms with Gasteiger partial charge in [0.1, 0.15) is 0 Å². The zero-order chi connectivity index (χ0) is 18.9. The third-order valence-corrected chi connectivity index (χ3v) is 5.55. The van der Waals surface area contributed by atoms with Gasteiger partial charge in [0.15, 0.2) is 0 Å². The fraction of sp³-hybridized carbons (Fsp3) is 0.720. The van der Waals surface area contributed by atoms with Crippen molar-refractivity contribution in [3.63, 3.8) is 0 Å². The molecule has 1 aromatic rings. The standard InChI is InChI=1S/C25H41N/c1-3-4-5-6-10-13-16-24(25-20-18-23(2)19-21-25)17-14-11-8-7-9-12-15-22-26/h18-21,24H,3-17H2,1-2H3. The molecule has 0 aliphatic heterocycles. The lowest BCUT2D eigenvalue weighted by Gasteiger charge is -2.18. The molecule has 0 aliphatic carbocycles. The predicted molar refractivity (Wildman–Crippen MR) is 114 cm³/mol. The SMILES string of the molecule is CCCCCCCCC(CCCCCCCCC#N)c1ccc(C)cc1. The molecule has 1 nitrogen and oxygen atoms in total. The molecule has 1 atom stereocenters. The van der Waals surface area contributed by atoms with Crippen LogP contribution in [0.5, 0.6) is 0 Å². The molecule has 0 fully saturated rings. The lowest BCUT2D eigenvalue weighted by Crippen LogP contribution is -2.00. The Hall–Kier alpha value is -1.29. The third kappa shape index (κ3) is 11.3. The Bertz CT molecular complexity index is 468. The van der Waals surface area contributed by atoms with Gasteiger partial charge in [0.05, 0.1) is 6.07 Å². The molecule has 0 aromatic heterocycles. The summed E-state index contributed by atoms with van der Waals surface area (Å²) in [5, 5.41) is 8.57. The molecule has 0 saturated carbocycles. The molecule has 1 aromatic carbocycles. The summed E-state index contributed by atoms with van der Waals surface area (Å²) in [6, 6.07) is 11.5. The molecule has 146 valence electrons. The maximum atomic E-state index is 8.57. The second kappa shape index (κ2) is 15.9. The highest BCUT2D eigenvalue weighted by Gasteiger charge is 2.11. The van der Waals surface area contributed by atoms with Crippen molar-refractivity contribution in [1.82, 2.24) is 0 Å². The first-order valence-corrected chi connectivity index (χ1v) is 11.2. The molecule has 0 heterocycles. The van der Waals surface area contributed by atoms with Gasteiger partial charge < -0.3 is 0 Å². The second-order valence-corrected chi connectivity index (χ2v) is 7.98. The van der Waals surface area contributed by atoms with Gasteiger partial charge in [0, 0.05) is 6.42 Å². The lowest BCUT2D eigenvalue weighted by atomic mass is 9.87. The van der Waals surface area contributed by atoms with E-state index < -0.39 is 0 Å². The lowest BCUT2D eigenvalue weighted by molar-refractivity contribution is 0.486. The van der Waals surface area contributed by atoms with Crippen LogP contribution in [0.4, 0.5) is 0 Å². The molecule has 0 aliphatic rings. The van der Waals surface area contributed by atoms with E-state index in [1.165, 1.54) is 89.0 Å². The first-order chi connectivity index (χ1) is 12.8. The minimum atomic E-state index is 0.730. The summed E-state index contributed by atoms with van der Waals surface area (Å²) in [5.74, 6) is 0.750. The number of aryl methyl sites for hydroxylation is 1. The van der Waals surface area contributed by atoms with Gasteiger partial charge in [0.2, 0.25) is 0 Å². The molecule has 0 radical (unpaired) electrons. The number of nitriles is 1. The Balaban J connectivity index is 2.29. The van der Waals surface area contributed by atoms with Crippen LogP contribution in [0.25, 0.3) is 0 Å². The molecule has 0 amide bonds. The number of rotatable bonds is 16. The summed E-state index contributed by atoms with van der Waals surface area (Å²) in [6.45, 7) is 4.47. The van der Waals surface area contributed by atoms with Crippen molar-refractivity contribution in [3.05, 3.63) is 35.4 Å². The number of unbranched alkanes of at least 4 members (excludes halogenated alkanes) is 11. The summed E-state index contributed by atoms with van der Waals surface area (Å²) in [4.78, 5) is 0. The van der Waals surface area contributed by atoms with E-state index in [1.807, 2.05) is 0 Å². The quantitative estimate of drug-likeness (QED) is 0.273.